The monoisotopic (exact) mass is 271 g/mol. The van der Waals surface area contributed by atoms with E-state index in [-0.39, 0.29) is 0 Å². The number of hydrogen-bond donors (Lipinski definition) is 1. The summed E-state index contributed by atoms with van der Waals surface area (Å²) in [7, 11) is 3.60. The molecule has 0 aromatic heterocycles. The first-order valence-electron chi connectivity index (χ1n) is 6.31. The first-order chi connectivity index (χ1) is 8.72. The van der Waals surface area contributed by atoms with Crippen molar-refractivity contribution in [2.24, 2.45) is 0 Å². The van der Waals surface area contributed by atoms with Gasteiger partial charge in [-0.2, -0.15) is 0 Å². The summed E-state index contributed by atoms with van der Waals surface area (Å²) in [6.45, 7) is 3.60. The number of hydrogen-bond acceptors (Lipinski definition) is 3. The van der Waals surface area contributed by atoms with Crippen LogP contribution in [0, 0.1) is 0 Å². The molecule has 1 atom stereocenters. The molecule has 0 radical (unpaired) electrons. The summed E-state index contributed by atoms with van der Waals surface area (Å²) < 4.78 is 10.6. The summed E-state index contributed by atoms with van der Waals surface area (Å²) in [5, 5.41) is 3.96. The molecule has 1 rings (SSSR count). The van der Waals surface area contributed by atoms with Crippen LogP contribution in [-0.2, 0) is 4.74 Å². The van der Waals surface area contributed by atoms with E-state index < -0.39 is 0 Å². The molecule has 3 nitrogen and oxygen atoms in total. The zero-order valence-electron chi connectivity index (χ0n) is 11.3. The van der Waals surface area contributed by atoms with Crippen LogP contribution in [-0.4, -0.2) is 27.4 Å². The Morgan fingerprint density at radius 1 is 1.39 bits per heavy atom. The average Bonchev–Trinajstić information content (AvgIpc) is 2.40. The van der Waals surface area contributed by atoms with Crippen LogP contribution in [0.2, 0.25) is 5.02 Å². The van der Waals surface area contributed by atoms with Gasteiger partial charge in [0.05, 0.1) is 12.1 Å². The van der Waals surface area contributed by atoms with Gasteiger partial charge in [0.1, 0.15) is 5.75 Å². The third kappa shape index (κ3) is 4.48. The molecule has 1 aromatic carbocycles. The number of methoxy groups -OCH3 is 1. The van der Waals surface area contributed by atoms with Crippen molar-refractivity contribution < 1.29 is 9.47 Å². The van der Waals surface area contributed by atoms with Crippen molar-refractivity contribution in [3.05, 3.63) is 28.8 Å². The molecule has 0 bridgehead atoms. The Hall–Kier alpha value is -0.770. The molecule has 1 aromatic rings. The van der Waals surface area contributed by atoms with E-state index in [0.29, 0.717) is 11.1 Å². The van der Waals surface area contributed by atoms with E-state index in [1.807, 2.05) is 32.2 Å². The minimum absolute atomic E-state index is 0.302. The van der Waals surface area contributed by atoms with Crippen LogP contribution in [0.25, 0.3) is 0 Å². The van der Waals surface area contributed by atoms with Crippen molar-refractivity contribution in [3.8, 4) is 5.75 Å². The molecule has 0 aliphatic heterocycles. The average molecular weight is 272 g/mol. The number of rotatable bonds is 8. The van der Waals surface area contributed by atoms with Gasteiger partial charge in [-0.3, -0.25) is 0 Å². The Morgan fingerprint density at radius 2 is 2.17 bits per heavy atom. The largest absolute Gasteiger partial charge is 0.495 e. The number of ether oxygens (including phenoxy) is 2. The van der Waals surface area contributed by atoms with Crippen molar-refractivity contribution in [2.75, 3.05) is 27.4 Å². The topological polar surface area (TPSA) is 30.5 Å². The second kappa shape index (κ2) is 8.35. The molecule has 1 N–H and O–H groups in total. The minimum Gasteiger partial charge on any atom is -0.495 e. The molecular weight excluding hydrogens is 250 g/mol. The van der Waals surface area contributed by atoms with Crippen molar-refractivity contribution in [2.45, 2.75) is 25.8 Å². The second-order valence-electron chi connectivity index (χ2n) is 4.07. The smallest absolute Gasteiger partial charge is 0.137 e. The van der Waals surface area contributed by atoms with Crippen LogP contribution < -0.4 is 10.1 Å². The summed E-state index contributed by atoms with van der Waals surface area (Å²) in [6.07, 6.45) is 2.06. The molecule has 0 spiro atoms. The van der Waals surface area contributed by atoms with Crippen LogP contribution in [0.5, 0.6) is 5.75 Å². The van der Waals surface area contributed by atoms with E-state index in [2.05, 4.69) is 5.32 Å². The fourth-order valence-electron chi connectivity index (χ4n) is 1.90. The first-order valence-corrected chi connectivity index (χ1v) is 6.69. The van der Waals surface area contributed by atoms with Crippen molar-refractivity contribution in [1.29, 1.82) is 0 Å². The van der Waals surface area contributed by atoms with E-state index in [9.17, 15) is 0 Å². The molecule has 4 heteroatoms. The fraction of sp³-hybridized carbons (Fsp3) is 0.571. The molecule has 1 unspecified atom stereocenters. The van der Waals surface area contributed by atoms with Crippen molar-refractivity contribution in [3.63, 3.8) is 0 Å². The highest BCUT2D eigenvalue weighted by atomic mass is 35.5. The maximum absolute atomic E-state index is 6.02. The van der Waals surface area contributed by atoms with Gasteiger partial charge in [0.2, 0.25) is 0 Å². The van der Waals surface area contributed by atoms with Crippen LogP contribution in [0.15, 0.2) is 18.2 Å². The SMILES string of the molecule is CCOCCCC(NC)c1ccc(Cl)c(OC)c1. The first kappa shape index (κ1) is 15.3. The number of benzene rings is 1. The van der Waals surface area contributed by atoms with E-state index in [1.54, 1.807) is 7.11 Å². The van der Waals surface area contributed by atoms with Crippen LogP contribution in [0.1, 0.15) is 31.4 Å². The van der Waals surface area contributed by atoms with Gasteiger partial charge in [0.15, 0.2) is 0 Å². The number of halogens is 1. The summed E-state index contributed by atoms with van der Waals surface area (Å²) in [4.78, 5) is 0. The van der Waals surface area contributed by atoms with E-state index in [0.717, 1.165) is 31.8 Å². The lowest BCUT2D eigenvalue weighted by Gasteiger charge is -2.17. The Bertz CT molecular complexity index is 358. The molecule has 18 heavy (non-hydrogen) atoms. The Balaban J connectivity index is 2.63. The molecular formula is C14H22ClNO2. The quantitative estimate of drug-likeness (QED) is 0.735. The maximum Gasteiger partial charge on any atom is 0.137 e. The molecule has 0 saturated heterocycles. The van der Waals surface area contributed by atoms with E-state index in [1.165, 1.54) is 5.56 Å². The van der Waals surface area contributed by atoms with Crippen LogP contribution >= 0.6 is 11.6 Å². The van der Waals surface area contributed by atoms with Gasteiger partial charge in [-0.15, -0.1) is 0 Å². The predicted octanol–water partition coefficient (Wildman–Crippen LogP) is 3.43. The Labute approximate surface area is 114 Å². The summed E-state index contributed by atoms with van der Waals surface area (Å²) in [5.41, 5.74) is 1.19. The third-order valence-electron chi connectivity index (χ3n) is 2.91. The van der Waals surface area contributed by atoms with Crippen LogP contribution in [0.4, 0.5) is 0 Å². The fourth-order valence-corrected chi connectivity index (χ4v) is 2.10. The van der Waals surface area contributed by atoms with Gasteiger partial charge in [-0.05, 0) is 44.5 Å². The van der Waals surface area contributed by atoms with Crippen molar-refractivity contribution in [1.82, 2.24) is 5.32 Å². The molecule has 102 valence electrons. The molecule has 0 aliphatic carbocycles. The summed E-state index contributed by atoms with van der Waals surface area (Å²) in [5.74, 6) is 0.722. The van der Waals surface area contributed by atoms with Gasteiger partial charge in [-0.25, -0.2) is 0 Å². The standard InChI is InChI=1S/C14H22ClNO2/c1-4-18-9-5-6-13(16-2)11-7-8-12(15)14(10-11)17-3/h7-8,10,13,16H,4-6,9H2,1-3H3. The lowest BCUT2D eigenvalue weighted by atomic mass is 10.0. The van der Waals surface area contributed by atoms with E-state index >= 15 is 0 Å². The maximum atomic E-state index is 6.02. The number of nitrogens with one attached hydrogen (secondary N) is 1. The Morgan fingerprint density at radius 3 is 2.78 bits per heavy atom. The molecule has 0 saturated carbocycles. The zero-order chi connectivity index (χ0) is 13.4. The highest BCUT2D eigenvalue weighted by Crippen LogP contribution is 2.29. The lowest BCUT2D eigenvalue weighted by molar-refractivity contribution is 0.141. The highest BCUT2D eigenvalue weighted by Gasteiger charge is 2.11. The molecule has 0 amide bonds. The minimum atomic E-state index is 0.302. The van der Waals surface area contributed by atoms with Gasteiger partial charge in [0.25, 0.3) is 0 Å². The van der Waals surface area contributed by atoms with Crippen molar-refractivity contribution >= 4 is 11.6 Å². The molecule has 0 fully saturated rings. The molecule has 0 aliphatic rings. The lowest BCUT2D eigenvalue weighted by Crippen LogP contribution is -2.17. The molecule has 0 heterocycles. The predicted molar refractivity (Wildman–Crippen MR) is 75.5 cm³/mol. The van der Waals surface area contributed by atoms with Gasteiger partial charge < -0.3 is 14.8 Å². The highest BCUT2D eigenvalue weighted by molar-refractivity contribution is 6.32. The Kier molecular flexibility index (Phi) is 7.09. The van der Waals surface area contributed by atoms with E-state index in [4.69, 9.17) is 21.1 Å². The van der Waals surface area contributed by atoms with Gasteiger partial charge in [-0.1, -0.05) is 17.7 Å². The zero-order valence-corrected chi connectivity index (χ0v) is 12.1. The van der Waals surface area contributed by atoms with Gasteiger partial charge in [0, 0.05) is 19.3 Å². The summed E-state index contributed by atoms with van der Waals surface area (Å²) in [6, 6.07) is 6.20. The summed E-state index contributed by atoms with van der Waals surface area (Å²) >= 11 is 6.02. The van der Waals surface area contributed by atoms with Gasteiger partial charge >= 0.3 is 0 Å². The third-order valence-corrected chi connectivity index (χ3v) is 3.22. The normalized spacial score (nSPS) is 12.4. The second-order valence-corrected chi connectivity index (χ2v) is 4.48. The van der Waals surface area contributed by atoms with Crippen LogP contribution in [0.3, 0.4) is 0 Å².